The van der Waals surface area contributed by atoms with Gasteiger partial charge in [0.05, 0.1) is 21.2 Å². The highest BCUT2D eigenvalue weighted by Crippen LogP contribution is 2.33. The van der Waals surface area contributed by atoms with Crippen molar-refractivity contribution >= 4 is 58.2 Å². The van der Waals surface area contributed by atoms with Gasteiger partial charge in [0.2, 0.25) is 0 Å². The molecule has 20 heavy (non-hydrogen) atoms. The summed E-state index contributed by atoms with van der Waals surface area (Å²) in [5, 5.41) is 5.05. The van der Waals surface area contributed by atoms with Crippen molar-refractivity contribution in [3.05, 3.63) is 40.2 Å². The van der Waals surface area contributed by atoms with E-state index >= 15 is 0 Å². The van der Waals surface area contributed by atoms with Gasteiger partial charge in [-0.25, -0.2) is 13.1 Å². The highest BCUT2D eigenvalue weighted by molar-refractivity contribution is 9.10. The molecule has 0 saturated carbocycles. The van der Waals surface area contributed by atoms with Crippen LogP contribution in [0.4, 0.5) is 0 Å². The van der Waals surface area contributed by atoms with Gasteiger partial charge in [-0.15, -0.1) is 0 Å². The molecule has 0 spiro atoms. The number of aromatic nitrogens is 3. The van der Waals surface area contributed by atoms with Gasteiger partial charge in [0.15, 0.2) is 0 Å². The second-order valence-electron chi connectivity index (χ2n) is 4.01. The van der Waals surface area contributed by atoms with E-state index in [0.717, 1.165) is 4.47 Å². The zero-order valence-corrected chi connectivity index (χ0v) is 13.6. The Morgan fingerprint density at radius 3 is 2.70 bits per heavy atom. The number of nitrogens with one attached hydrogen (secondary N) is 1. The molecule has 0 aliphatic rings. The van der Waals surface area contributed by atoms with E-state index in [9.17, 15) is 8.42 Å². The molecule has 0 amide bonds. The fraction of sp³-hybridized carbons (Fsp3) is 0. The second kappa shape index (κ2) is 4.77. The largest absolute Gasteiger partial charge is 0.358 e. The van der Waals surface area contributed by atoms with Gasteiger partial charge in [0.1, 0.15) is 10.6 Å². The maximum Gasteiger partial charge on any atom is 0.263 e. The summed E-state index contributed by atoms with van der Waals surface area (Å²) in [5.41, 5.74) is 1.11. The summed E-state index contributed by atoms with van der Waals surface area (Å²) >= 11 is 9.49. The molecule has 5 nitrogen and oxygen atoms in total. The summed E-state index contributed by atoms with van der Waals surface area (Å²) in [6, 6.07) is 3.21. The maximum atomic E-state index is 11.5. The maximum absolute atomic E-state index is 11.5. The standard InChI is InChI=1S/C11H6BrCl2N3O2S/c12-6-3-16-17(5-6)11-8(13)2-1-7-9(20(14,18)19)4-15-10(7)11/h1-5,15H. The highest BCUT2D eigenvalue weighted by Gasteiger charge is 2.20. The van der Waals surface area contributed by atoms with Crippen molar-refractivity contribution in [1.29, 1.82) is 0 Å². The van der Waals surface area contributed by atoms with E-state index < -0.39 is 9.05 Å². The zero-order valence-electron chi connectivity index (χ0n) is 9.64. The predicted octanol–water partition coefficient (Wildman–Crippen LogP) is 3.70. The minimum atomic E-state index is -3.83. The normalized spacial score (nSPS) is 12.2. The van der Waals surface area contributed by atoms with Gasteiger partial charge in [-0.2, -0.15) is 5.10 Å². The topological polar surface area (TPSA) is 67.8 Å². The van der Waals surface area contributed by atoms with Gasteiger partial charge in [0, 0.05) is 28.5 Å². The van der Waals surface area contributed by atoms with Crippen molar-refractivity contribution in [3.63, 3.8) is 0 Å². The van der Waals surface area contributed by atoms with Crippen molar-refractivity contribution in [2.75, 3.05) is 0 Å². The molecular formula is C11H6BrCl2N3O2S. The van der Waals surface area contributed by atoms with Crippen molar-refractivity contribution < 1.29 is 8.42 Å². The molecule has 0 saturated heterocycles. The highest BCUT2D eigenvalue weighted by atomic mass is 79.9. The summed E-state index contributed by atoms with van der Waals surface area (Å²) in [7, 11) is 1.58. The Labute approximate surface area is 132 Å². The lowest BCUT2D eigenvalue weighted by Gasteiger charge is -2.06. The minimum absolute atomic E-state index is 0.0123. The Morgan fingerprint density at radius 2 is 2.10 bits per heavy atom. The molecule has 1 N–H and O–H groups in total. The smallest absolute Gasteiger partial charge is 0.263 e. The van der Waals surface area contributed by atoms with Crippen LogP contribution in [0.15, 0.2) is 40.1 Å². The van der Waals surface area contributed by atoms with Crippen LogP contribution in [0, 0.1) is 0 Å². The average Bonchev–Trinajstić information content (AvgIpc) is 2.94. The summed E-state index contributed by atoms with van der Waals surface area (Å²) in [6.45, 7) is 0. The Morgan fingerprint density at radius 1 is 1.35 bits per heavy atom. The summed E-state index contributed by atoms with van der Waals surface area (Å²) in [5.74, 6) is 0. The molecule has 1 aromatic carbocycles. The third-order valence-electron chi connectivity index (χ3n) is 2.78. The number of benzene rings is 1. The van der Waals surface area contributed by atoms with E-state index in [0.29, 0.717) is 21.6 Å². The number of aromatic amines is 1. The van der Waals surface area contributed by atoms with E-state index in [4.69, 9.17) is 22.3 Å². The van der Waals surface area contributed by atoms with Gasteiger partial charge in [-0.1, -0.05) is 11.6 Å². The minimum Gasteiger partial charge on any atom is -0.358 e. The Hall–Kier alpha value is -1.02. The average molecular weight is 395 g/mol. The fourth-order valence-corrected chi connectivity index (χ4v) is 3.53. The first kappa shape index (κ1) is 13.9. The van der Waals surface area contributed by atoms with Gasteiger partial charge >= 0.3 is 0 Å². The van der Waals surface area contributed by atoms with E-state index in [1.54, 1.807) is 29.2 Å². The number of H-pyrrole nitrogens is 1. The molecule has 2 aromatic heterocycles. The molecule has 0 radical (unpaired) electrons. The Kier molecular flexibility index (Phi) is 3.32. The SMILES string of the molecule is O=S(=O)(Cl)c1c[nH]c2c(-n3cc(Br)cn3)c(Cl)ccc12. The van der Waals surface area contributed by atoms with Crippen LogP contribution >= 0.6 is 38.2 Å². The molecule has 0 fully saturated rings. The lowest BCUT2D eigenvalue weighted by molar-refractivity contribution is 0.610. The molecular weight excluding hydrogens is 389 g/mol. The van der Waals surface area contributed by atoms with Crippen LogP contribution in [0.5, 0.6) is 0 Å². The van der Waals surface area contributed by atoms with Crippen LogP contribution < -0.4 is 0 Å². The van der Waals surface area contributed by atoms with Crippen LogP contribution in [0.2, 0.25) is 5.02 Å². The van der Waals surface area contributed by atoms with Crippen LogP contribution in [-0.2, 0) is 9.05 Å². The summed E-state index contributed by atoms with van der Waals surface area (Å²) in [6.07, 6.45) is 4.67. The summed E-state index contributed by atoms with van der Waals surface area (Å²) < 4.78 is 25.4. The zero-order chi connectivity index (χ0) is 14.5. The quantitative estimate of drug-likeness (QED) is 0.674. The van der Waals surface area contributed by atoms with Gasteiger partial charge in [-0.3, -0.25) is 0 Å². The molecule has 0 atom stereocenters. The predicted molar refractivity (Wildman–Crippen MR) is 81.2 cm³/mol. The molecule has 2 heterocycles. The van der Waals surface area contributed by atoms with Crippen LogP contribution in [0.3, 0.4) is 0 Å². The first-order chi connectivity index (χ1) is 9.38. The Bertz CT molecular complexity index is 917. The van der Waals surface area contributed by atoms with E-state index in [2.05, 4.69) is 26.0 Å². The monoisotopic (exact) mass is 393 g/mol. The van der Waals surface area contributed by atoms with Crippen LogP contribution in [-0.4, -0.2) is 23.2 Å². The third-order valence-corrected chi connectivity index (χ3v) is 4.86. The second-order valence-corrected chi connectivity index (χ2v) is 7.87. The lowest BCUT2D eigenvalue weighted by atomic mass is 10.2. The number of rotatable bonds is 2. The molecule has 104 valence electrons. The Balaban J connectivity index is 2.38. The van der Waals surface area contributed by atoms with Gasteiger partial charge in [-0.05, 0) is 28.1 Å². The number of nitrogens with zero attached hydrogens (tertiary/aromatic N) is 2. The number of halogens is 3. The molecule has 9 heteroatoms. The molecule has 0 bridgehead atoms. The molecule has 3 aromatic rings. The van der Waals surface area contributed by atoms with E-state index in [1.807, 2.05) is 0 Å². The van der Waals surface area contributed by atoms with Crippen molar-refractivity contribution in [1.82, 2.24) is 14.8 Å². The van der Waals surface area contributed by atoms with Crippen LogP contribution in [0.25, 0.3) is 16.6 Å². The van der Waals surface area contributed by atoms with Crippen LogP contribution in [0.1, 0.15) is 0 Å². The molecule has 0 unspecified atom stereocenters. The number of hydrogen-bond acceptors (Lipinski definition) is 3. The van der Waals surface area contributed by atoms with E-state index in [1.165, 1.54) is 6.20 Å². The molecule has 0 aliphatic carbocycles. The van der Waals surface area contributed by atoms with Gasteiger partial charge < -0.3 is 4.98 Å². The summed E-state index contributed by atoms with van der Waals surface area (Å²) in [4.78, 5) is 2.90. The first-order valence-electron chi connectivity index (χ1n) is 5.33. The number of hydrogen-bond donors (Lipinski definition) is 1. The lowest BCUT2D eigenvalue weighted by Crippen LogP contribution is -1.97. The van der Waals surface area contributed by atoms with Crippen molar-refractivity contribution in [3.8, 4) is 5.69 Å². The fourth-order valence-electron chi connectivity index (χ4n) is 1.98. The number of fused-ring (bicyclic) bond motifs is 1. The van der Waals surface area contributed by atoms with Crippen molar-refractivity contribution in [2.45, 2.75) is 4.90 Å². The van der Waals surface area contributed by atoms with E-state index in [-0.39, 0.29) is 4.90 Å². The third kappa shape index (κ3) is 2.24. The molecule has 3 rings (SSSR count). The van der Waals surface area contributed by atoms with Gasteiger partial charge in [0.25, 0.3) is 9.05 Å². The molecule has 0 aliphatic heterocycles. The first-order valence-corrected chi connectivity index (χ1v) is 8.81. The van der Waals surface area contributed by atoms with Crippen molar-refractivity contribution in [2.24, 2.45) is 0 Å².